The number of hydrogen-bond donors (Lipinski definition) is 1. The number of carboxylic acid groups (broad SMARTS) is 1. The van der Waals surface area contributed by atoms with Gasteiger partial charge in [-0.15, -0.1) is 11.3 Å². The lowest BCUT2D eigenvalue weighted by atomic mass is 10.2. The molecule has 1 aliphatic rings. The number of sulfonamides is 1. The van der Waals surface area contributed by atoms with Gasteiger partial charge in [-0.1, -0.05) is 0 Å². The van der Waals surface area contributed by atoms with Gasteiger partial charge in [0.1, 0.15) is 5.69 Å². The van der Waals surface area contributed by atoms with E-state index in [0.29, 0.717) is 5.69 Å². The van der Waals surface area contributed by atoms with Gasteiger partial charge in [-0.25, -0.2) is 18.2 Å². The van der Waals surface area contributed by atoms with E-state index in [4.69, 9.17) is 5.11 Å². The van der Waals surface area contributed by atoms with E-state index in [9.17, 15) is 18.0 Å². The van der Waals surface area contributed by atoms with Gasteiger partial charge in [-0.3, -0.25) is 4.79 Å². The van der Waals surface area contributed by atoms with Crippen molar-refractivity contribution in [1.82, 2.24) is 14.2 Å². The Balaban J connectivity index is 1.69. The van der Waals surface area contributed by atoms with Crippen molar-refractivity contribution < 1.29 is 23.1 Å². The molecule has 25 heavy (non-hydrogen) atoms. The molecule has 8 nitrogen and oxygen atoms in total. The van der Waals surface area contributed by atoms with Gasteiger partial charge in [-0.2, -0.15) is 4.31 Å². The van der Waals surface area contributed by atoms with Crippen LogP contribution in [0.2, 0.25) is 0 Å². The number of carbonyl (C=O) groups is 2. The van der Waals surface area contributed by atoms with Crippen LogP contribution in [0.15, 0.2) is 40.1 Å². The Kier molecular flexibility index (Phi) is 4.84. The molecule has 2 heterocycles. The second-order valence-electron chi connectivity index (χ2n) is 5.40. The quantitative estimate of drug-likeness (QED) is 0.846. The molecule has 0 spiro atoms. The lowest BCUT2D eigenvalue weighted by Gasteiger charge is -2.33. The number of carbonyl (C=O) groups excluding carboxylic acids is 1. The molecule has 1 N–H and O–H groups in total. The second-order valence-corrected chi connectivity index (χ2v) is 8.06. The van der Waals surface area contributed by atoms with E-state index in [-0.39, 0.29) is 42.5 Å². The molecule has 0 unspecified atom stereocenters. The van der Waals surface area contributed by atoms with Crippen LogP contribution in [0.3, 0.4) is 0 Å². The topological polar surface area (TPSA) is 108 Å². The van der Waals surface area contributed by atoms with Crippen molar-refractivity contribution in [3.63, 3.8) is 0 Å². The van der Waals surface area contributed by atoms with Crippen molar-refractivity contribution in [2.75, 3.05) is 26.2 Å². The summed E-state index contributed by atoms with van der Waals surface area (Å²) in [6, 6.07) is 5.09. The molecular formula is C15H15N3O5S2. The van der Waals surface area contributed by atoms with E-state index < -0.39 is 16.0 Å². The summed E-state index contributed by atoms with van der Waals surface area (Å²) in [6.45, 7) is 0.920. The third-order valence-electron chi connectivity index (χ3n) is 3.92. The van der Waals surface area contributed by atoms with E-state index >= 15 is 0 Å². The smallest absolute Gasteiger partial charge is 0.335 e. The molecule has 0 saturated carbocycles. The maximum atomic E-state index is 12.6. The molecule has 1 fully saturated rings. The zero-order chi connectivity index (χ0) is 18.0. The highest BCUT2D eigenvalue weighted by molar-refractivity contribution is 7.89. The van der Waals surface area contributed by atoms with Crippen LogP contribution < -0.4 is 0 Å². The summed E-state index contributed by atoms with van der Waals surface area (Å²) in [7, 11) is -3.72. The number of carboxylic acids is 1. The predicted molar refractivity (Wildman–Crippen MR) is 90.2 cm³/mol. The maximum Gasteiger partial charge on any atom is 0.335 e. The first-order valence-electron chi connectivity index (χ1n) is 7.40. The van der Waals surface area contributed by atoms with Crippen LogP contribution in [0.25, 0.3) is 0 Å². The Morgan fingerprint density at radius 1 is 1.08 bits per heavy atom. The van der Waals surface area contributed by atoms with Crippen molar-refractivity contribution in [3.8, 4) is 0 Å². The Morgan fingerprint density at radius 3 is 2.24 bits per heavy atom. The van der Waals surface area contributed by atoms with Crippen LogP contribution in [-0.4, -0.2) is 65.8 Å². The van der Waals surface area contributed by atoms with E-state index in [1.807, 2.05) is 0 Å². The highest BCUT2D eigenvalue weighted by Crippen LogP contribution is 2.19. The first kappa shape index (κ1) is 17.5. The molecule has 1 aromatic carbocycles. The van der Waals surface area contributed by atoms with Crippen LogP contribution in [-0.2, 0) is 10.0 Å². The highest BCUT2D eigenvalue weighted by Gasteiger charge is 2.30. The summed E-state index contributed by atoms with van der Waals surface area (Å²) in [4.78, 5) is 28.7. The van der Waals surface area contributed by atoms with Gasteiger partial charge in [0.05, 0.1) is 16.0 Å². The molecule has 0 aliphatic carbocycles. The fourth-order valence-electron chi connectivity index (χ4n) is 2.53. The zero-order valence-corrected chi connectivity index (χ0v) is 14.7. The van der Waals surface area contributed by atoms with Crippen molar-refractivity contribution in [2.45, 2.75) is 4.90 Å². The van der Waals surface area contributed by atoms with E-state index in [0.717, 1.165) is 0 Å². The number of amides is 1. The molecule has 1 amide bonds. The van der Waals surface area contributed by atoms with Crippen LogP contribution in [0.5, 0.6) is 0 Å². The van der Waals surface area contributed by atoms with Crippen LogP contribution >= 0.6 is 11.3 Å². The van der Waals surface area contributed by atoms with E-state index in [2.05, 4.69) is 4.98 Å². The third kappa shape index (κ3) is 3.55. The Bertz CT molecular complexity index is 870. The van der Waals surface area contributed by atoms with Crippen LogP contribution in [0.1, 0.15) is 20.8 Å². The molecule has 0 bridgehead atoms. The lowest BCUT2D eigenvalue weighted by molar-refractivity contribution is 0.0687. The Morgan fingerprint density at radius 2 is 1.72 bits per heavy atom. The molecule has 132 valence electrons. The fraction of sp³-hybridized carbons (Fsp3) is 0.267. The number of benzene rings is 1. The number of thiazole rings is 1. The van der Waals surface area contributed by atoms with E-state index in [1.54, 1.807) is 15.8 Å². The minimum Gasteiger partial charge on any atom is -0.478 e. The molecule has 1 aromatic heterocycles. The SMILES string of the molecule is O=C(O)c1ccc(S(=O)(=O)N2CCN(C(=O)c3cscn3)CC2)cc1. The summed E-state index contributed by atoms with van der Waals surface area (Å²) in [6.07, 6.45) is 0. The molecule has 3 rings (SSSR count). The minimum atomic E-state index is -3.72. The molecule has 2 aromatic rings. The summed E-state index contributed by atoms with van der Waals surface area (Å²) < 4.78 is 26.6. The average Bonchev–Trinajstić information content (AvgIpc) is 3.16. The van der Waals surface area contributed by atoms with Crippen molar-refractivity contribution >= 4 is 33.2 Å². The largest absolute Gasteiger partial charge is 0.478 e. The second kappa shape index (κ2) is 6.90. The third-order valence-corrected chi connectivity index (χ3v) is 6.42. The highest BCUT2D eigenvalue weighted by atomic mass is 32.2. The van der Waals surface area contributed by atoms with Gasteiger partial charge in [0.15, 0.2) is 0 Å². The van der Waals surface area contributed by atoms with Crippen LogP contribution in [0, 0.1) is 0 Å². The number of nitrogens with zero attached hydrogens (tertiary/aromatic N) is 3. The first-order chi connectivity index (χ1) is 11.9. The molecule has 10 heteroatoms. The number of rotatable bonds is 4. The van der Waals surface area contributed by atoms with Gasteiger partial charge in [0.25, 0.3) is 5.91 Å². The summed E-state index contributed by atoms with van der Waals surface area (Å²) in [5.74, 6) is -1.32. The normalized spacial score (nSPS) is 15.9. The average molecular weight is 381 g/mol. The standard InChI is InChI=1S/C15H15N3O5S2/c19-14(13-9-24-10-16-13)17-5-7-18(8-6-17)25(22,23)12-3-1-11(2-4-12)15(20)21/h1-4,9-10H,5-8H2,(H,20,21). The molecular weight excluding hydrogens is 366 g/mol. The van der Waals surface area contributed by atoms with Crippen molar-refractivity contribution in [1.29, 1.82) is 0 Å². The summed E-state index contributed by atoms with van der Waals surface area (Å²) in [5.41, 5.74) is 1.97. The van der Waals surface area contributed by atoms with Crippen molar-refractivity contribution in [3.05, 3.63) is 46.4 Å². The molecule has 0 atom stereocenters. The number of piperazine rings is 1. The number of aromatic carboxylic acids is 1. The Hall–Kier alpha value is -2.30. The summed E-state index contributed by atoms with van der Waals surface area (Å²) in [5, 5.41) is 10.5. The lowest BCUT2D eigenvalue weighted by Crippen LogP contribution is -2.50. The minimum absolute atomic E-state index is 0.0256. The fourth-order valence-corrected chi connectivity index (χ4v) is 4.48. The van der Waals surface area contributed by atoms with Gasteiger partial charge >= 0.3 is 5.97 Å². The molecule has 0 radical (unpaired) electrons. The van der Waals surface area contributed by atoms with Gasteiger partial charge < -0.3 is 10.0 Å². The monoisotopic (exact) mass is 381 g/mol. The number of hydrogen-bond acceptors (Lipinski definition) is 6. The van der Waals surface area contributed by atoms with Crippen LogP contribution in [0.4, 0.5) is 0 Å². The molecule has 1 saturated heterocycles. The van der Waals surface area contributed by atoms with Gasteiger partial charge in [-0.05, 0) is 24.3 Å². The first-order valence-corrected chi connectivity index (χ1v) is 9.79. The maximum absolute atomic E-state index is 12.6. The van der Waals surface area contributed by atoms with Gasteiger partial charge in [0.2, 0.25) is 10.0 Å². The Labute approximate surface area is 148 Å². The van der Waals surface area contributed by atoms with E-state index in [1.165, 1.54) is 39.9 Å². The number of aromatic nitrogens is 1. The van der Waals surface area contributed by atoms with Gasteiger partial charge in [0, 0.05) is 31.6 Å². The predicted octanol–water partition coefficient (Wildman–Crippen LogP) is 0.988. The van der Waals surface area contributed by atoms with Crippen molar-refractivity contribution in [2.24, 2.45) is 0 Å². The summed E-state index contributed by atoms with van der Waals surface area (Å²) >= 11 is 1.33. The molecule has 1 aliphatic heterocycles. The zero-order valence-electron chi connectivity index (χ0n) is 13.0.